The van der Waals surface area contributed by atoms with Gasteiger partial charge in [0.25, 0.3) is 0 Å². The van der Waals surface area contributed by atoms with Crippen molar-refractivity contribution in [3.8, 4) is 11.3 Å². The van der Waals surface area contributed by atoms with Crippen LogP contribution in [0.1, 0.15) is 0 Å². The van der Waals surface area contributed by atoms with E-state index in [9.17, 15) is 4.79 Å². The van der Waals surface area contributed by atoms with Gasteiger partial charge in [-0.3, -0.25) is 9.88 Å². The molecule has 2 aromatic rings. The Bertz CT molecular complexity index is 572. The first-order valence-corrected chi connectivity index (χ1v) is 5.65. The van der Waals surface area contributed by atoms with Crippen LogP contribution in [0, 0.1) is 0 Å². The molecule has 18 heavy (non-hydrogen) atoms. The number of anilines is 1. The molecule has 0 radical (unpaired) electrons. The lowest BCUT2D eigenvalue weighted by Crippen LogP contribution is -2.24. The smallest absolute Gasteiger partial charge is 0.411 e. The van der Waals surface area contributed by atoms with E-state index >= 15 is 0 Å². The van der Waals surface area contributed by atoms with E-state index in [1.54, 1.807) is 30.5 Å². The Labute approximate surface area is 109 Å². The number of benzene rings is 1. The SMILES string of the molecule is CN(C(=O)O)c1cc(Cl)ccc1-c1ccccn1. The van der Waals surface area contributed by atoms with Crippen molar-refractivity contribution in [1.29, 1.82) is 0 Å². The van der Waals surface area contributed by atoms with Crippen LogP contribution in [0.2, 0.25) is 5.02 Å². The summed E-state index contributed by atoms with van der Waals surface area (Å²) in [7, 11) is 1.47. The molecule has 92 valence electrons. The minimum Gasteiger partial charge on any atom is -0.465 e. The van der Waals surface area contributed by atoms with Gasteiger partial charge in [-0.25, -0.2) is 4.79 Å². The van der Waals surface area contributed by atoms with Gasteiger partial charge < -0.3 is 5.11 Å². The Morgan fingerprint density at radius 2 is 2.11 bits per heavy atom. The van der Waals surface area contributed by atoms with E-state index in [0.29, 0.717) is 16.4 Å². The predicted octanol–water partition coefficient (Wildman–Crippen LogP) is 3.52. The van der Waals surface area contributed by atoms with E-state index in [1.165, 1.54) is 7.05 Å². The highest BCUT2D eigenvalue weighted by molar-refractivity contribution is 6.31. The first-order valence-electron chi connectivity index (χ1n) is 5.27. The Morgan fingerprint density at radius 1 is 1.33 bits per heavy atom. The molecule has 0 aliphatic heterocycles. The van der Waals surface area contributed by atoms with Crippen LogP contribution in [0.25, 0.3) is 11.3 Å². The highest BCUT2D eigenvalue weighted by Gasteiger charge is 2.15. The van der Waals surface area contributed by atoms with Gasteiger partial charge in [-0.2, -0.15) is 0 Å². The molecule has 0 saturated carbocycles. The number of halogens is 1. The average molecular weight is 263 g/mol. The molecule has 1 heterocycles. The quantitative estimate of drug-likeness (QED) is 0.901. The average Bonchev–Trinajstić information content (AvgIpc) is 2.38. The normalized spacial score (nSPS) is 10.1. The number of rotatable bonds is 2. The molecule has 1 N–H and O–H groups in total. The Morgan fingerprint density at radius 3 is 2.72 bits per heavy atom. The number of nitrogens with zero attached hydrogens (tertiary/aromatic N) is 2. The molecule has 5 heteroatoms. The van der Waals surface area contributed by atoms with Crippen LogP contribution in [0.5, 0.6) is 0 Å². The molecule has 0 bridgehead atoms. The first kappa shape index (κ1) is 12.4. The minimum atomic E-state index is -1.05. The second-order valence-electron chi connectivity index (χ2n) is 3.72. The van der Waals surface area contributed by atoms with Crippen molar-refractivity contribution in [2.45, 2.75) is 0 Å². The Hall–Kier alpha value is -2.07. The Balaban J connectivity index is 2.57. The van der Waals surface area contributed by atoms with E-state index in [2.05, 4.69) is 4.98 Å². The number of carbonyl (C=O) groups is 1. The van der Waals surface area contributed by atoms with Crippen LogP contribution < -0.4 is 4.90 Å². The van der Waals surface area contributed by atoms with Crippen molar-refractivity contribution in [2.75, 3.05) is 11.9 Å². The largest absolute Gasteiger partial charge is 0.465 e. The fourth-order valence-electron chi connectivity index (χ4n) is 1.62. The van der Waals surface area contributed by atoms with Crippen LogP contribution in [-0.4, -0.2) is 23.2 Å². The summed E-state index contributed by atoms with van der Waals surface area (Å²) in [6, 6.07) is 10.6. The van der Waals surface area contributed by atoms with Crippen LogP contribution in [0.15, 0.2) is 42.6 Å². The molecule has 0 atom stereocenters. The lowest BCUT2D eigenvalue weighted by Gasteiger charge is -2.17. The van der Waals surface area contributed by atoms with Crippen molar-refractivity contribution in [3.05, 3.63) is 47.6 Å². The Kier molecular flexibility index (Phi) is 3.48. The van der Waals surface area contributed by atoms with Gasteiger partial charge in [-0.15, -0.1) is 0 Å². The summed E-state index contributed by atoms with van der Waals surface area (Å²) in [5.41, 5.74) is 1.94. The number of pyridine rings is 1. The second-order valence-corrected chi connectivity index (χ2v) is 4.15. The third-order valence-electron chi connectivity index (χ3n) is 2.55. The summed E-state index contributed by atoms with van der Waals surface area (Å²) in [5, 5.41) is 9.54. The topological polar surface area (TPSA) is 53.4 Å². The molecule has 1 aromatic carbocycles. The molecular weight excluding hydrogens is 252 g/mol. The van der Waals surface area contributed by atoms with Crippen LogP contribution in [-0.2, 0) is 0 Å². The molecule has 0 aliphatic rings. The van der Waals surface area contributed by atoms with Gasteiger partial charge in [-0.1, -0.05) is 17.7 Å². The lowest BCUT2D eigenvalue weighted by atomic mass is 10.1. The maximum Gasteiger partial charge on any atom is 0.411 e. The van der Waals surface area contributed by atoms with E-state index in [4.69, 9.17) is 16.7 Å². The van der Waals surface area contributed by atoms with Gasteiger partial charge >= 0.3 is 6.09 Å². The van der Waals surface area contributed by atoms with Crippen LogP contribution >= 0.6 is 11.6 Å². The molecule has 0 aliphatic carbocycles. The van der Waals surface area contributed by atoms with Crippen LogP contribution in [0.3, 0.4) is 0 Å². The highest BCUT2D eigenvalue weighted by atomic mass is 35.5. The first-order chi connectivity index (χ1) is 8.59. The fourth-order valence-corrected chi connectivity index (χ4v) is 1.79. The van der Waals surface area contributed by atoms with Crippen LogP contribution in [0.4, 0.5) is 10.5 Å². The summed E-state index contributed by atoms with van der Waals surface area (Å²) in [6.07, 6.45) is 0.614. The number of aromatic nitrogens is 1. The zero-order valence-corrected chi connectivity index (χ0v) is 10.4. The molecule has 0 unspecified atom stereocenters. The zero-order chi connectivity index (χ0) is 13.1. The third kappa shape index (κ3) is 2.43. The second kappa shape index (κ2) is 5.06. The molecule has 1 amide bonds. The maximum atomic E-state index is 11.1. The van der Waals surface area contributed by atoms with Crippen molar-refractivity contribution in [2.24, 2.45) is 0 Å². The van der Waals surface area contributed by atoms with Crippen molar-refractivity contribution < 1.29 is 9.90 Å². The highest BCUT2D eigenvalue weighted by Crippen LogP contribution is 2.31. The summed E-state index contributed by atoms with van der Waals surface area (Å²) in [4.78, 5) is 16.4. The van der Waals surface area contributed by atoms with Gasteiger partial charge in [-0.05, 0) is 30.3 Å². The van der Waals surface area contributed by atoms with Gasteiger partial charge in [0.05, 0.1) is 11.4 Å². The van der Waals surface area contributed by atoms with E-state index in [1.807, 2.05) is 12.1 Å². The van der Waals surface area contributed by atoms with E-state index < -0.39 is 6.09 Å². The molecule has 4 nitrogen and oxygen atoms in total. The van der Waals surface area contributed by atoms with Gasteiger partial charge in [0.1, 0.15) is 0 Å². The molecular formula is C13H11ClN2O2. The van der Waals surface area contributed by atoms with E-state index in [0.717, 1.165) is 10.5 Å². The van der Waals surface area contributed by atoms with Crippen molar-refractivity contribution in [3.63, 3.8) is 0 Å². The van der Waals surface area contributed by atoms with Gasteiger partial charge in [0.15, 0.2) is 0 Å². The monoisotopic (exact) mass is 262 g/mol. The fraction of sp³-hybridized carbons (Fsp3) is 0.0769. The van der Waals surface area contributed by atoms with Gasteiger partial charge in [0.2, 0.25) is 0 Å². The summed E-state index contributed by atoms with van der Waals surface area (Å²) >= 11 is 5.91. The predicted molar refractivity (Wildman–Crippen MR) is 71.1 cm³/mol. The molecule has 0 spiro atoms. The lowest BCUT2D eigenvalue weighted by molar-refractivity contribution is 0.203. The summed E-state index contributed by atoms with van der Waals surface area (Å²) in [6.45, 7) is 0. The van der Waals surface area contributed by atoms with Crippen molar-refractivity contribution >= 4 is 23.4 Å². The number of amides is 1. The molecule has 0 saturated heterocycles. The number of hydrogen-bond acceptors (Lipinski definition) is 2. The molecule has 2 rings (SSSR count). The molecule has 1 aromatic heterocycles. The third-order valence-corrected chi connectivity index (χ3v) is 2.78. The zero-order valence-electron chi connectivity index (χ0n) is 9.67. The number of carboxylic acid groups (broad SMARTS) is 1. The minimum absolute atomic E-state index is 0.484. The van der Waals surface area contributed by atoms with E-state index in [-0.39, 0.29) is 0 Å². The molecule has 0 fully saturated rings. The maximum absolute atomic E-state index is 11.1. The standard InChI is InChI=1S/C13H11ClN2O2/c1-16(13(17)18)12-8-9(14)5-6-10(12)11-4-2-3-7-15-11/h2-8H,1H3,(H,17,18). The summed E-state index contributed by atoms with van der Waals surface area (Å²) in [5.74, 6) is 0. The summed E-state index contributed by atoms with van der Waals surface area (Å²) < 4.78 is 0. The van der Waals surface area contributed by atoms with Crippen molar-refractivity contribution in [1.82, 2.24) is 4.98 Å². The number of hydrogen-bond donors (Lipinski definition) is 1. The van der Waals surface area contributed by atoms with Gasteiger partial charge in [0, 0.05) is 23.8 Å².